The topological polar surface area (TPSA) is 237 Å². The summed E-state index contributed by atoms with van der Waals surface area (Å²) in [6.07, 6.45) is 84.3. The first-order chi connectivity index (χ1) is 49.7. The molecule has 0 saturated heterocycles. The second-order valence-corrected chi connectivity index (χ2v) is 28.4. The highest BCUT2D eigenvalue weighted by Crippen LogP contribution is 2.45. The summed E-state index contributed by atoms with van der Waals surface area (Å²) >= 11 is 0. The second kappa shape index (κ2) is 74.2. The molecule has 0 fully saturated rings. The van der Waals surface area contributed by atoms with Gasteiger partial charge in [-0.3, -0.25) is 37.3 Å². The molecule has 0 aromatic rings. The molecule has 0 heterocycles. The zero-order valence-electron chi connectivity index (χ0n) is 63.5. The van der Waals surface area contributed by atoms with E-state index in [2.05, 4.69) is 149 Å². The maximum Gasteiger partial charge on any atom is 0.472 e. The van der Waals surface area contributed by atoms with Crippen LogP contribution in [0.1, 0.15) is 297 Å². The van der Waals surface area contributed by atoms with Gasteiger partial charge in [-0.2, -0.15) is 0 Å². The number of aliphatic hydroxyl groups excluding tert-OH is 1. The van der Waals surface area contributed by atoms with Crippen molar-refractivity contribution < 1.29 is 80.2 Å². The number of unbranched alkanes of at least 4 members (excludes halogenated alkanes) is 23. The normalized spacial score (nSPS) is 14.7. The highest BCUT2D eigenvalue weighted by molar-refractivity contribution is 7.47. The molecule has 0 aromatic carbocycles. The molecule has 3 N–H and O–H groups in total. The van der Waals surface area contributed by atoms with E-state index in [4.69, 9.17) is 37.0 Å². The molecule has 0 aliphatic carbocycles. The van der Waals surface area contributed by atoms with E-state index in [1.165, 1.54) is 51.4 Å². The summed E-state index contributed by atoms with van der Waals surface area (Å²) in [6.45, 7) is 4.39. The molecule has 5 unspecified atom stereocenters. The van der Waals surface area contributed by atoms with Crippen LogP contribution in [-0.4, -0.2) is 96.7 Å². The summed E-state index contributed by atoms with van der Waals surface area (Å²) < 4.78 is 68.4. The van der Waals surface area contributed by atoms with E-state index in [0.29, 0.717) is 25.7 Å². The third-order valence-corrected chi connectivity index (χ3v) is 17.7. The van der Waals surface area contributed by atoms with Crippen LogP contribution >= 0.6 is 15.6 Å². The van der Waals surface area contributed by atoms with Crippen molar-refractivity contribution in [2.24, 2.45) is 0 Å². The summed E-state index contributed by atoms with van der Waals surface area (Å²) in [4.78, 5) is 72.9. The van der Waals surface area contributed by atoms with Crippen molar-refractivity contribution in [1.29, 1.82) is 0 Å². The van der Waals surface area contributed by atoms with Crippen LogP contribution in [0.4, 0.5) is 0 Å². The standard InChI is InChI=1S/C83H138O17P2/c1-5-9-13-17-21-25-29-33-36-37-38-39-42-45-48-52-56-60-64-68-81(86)94-74-79(100-83(88)70-66-62-58-54-50-46-41-35-31-27-23-19-15-11-7-3)76-98-102(91,92)96-72-77(84)71-95-101(89,90)97-75-78(99-82(87)69-65-61-57-53-49-43-32-28-24-20-16-12-8-4)73-93-80(85)67-63-59-55-51-47-44-40-34-30-26-22-18-14-10-6-2/h9-11,13-15,21-23,25-27,33-36,38-41,47,51,59,63,77-79,84H,5-8,12,16-20,24,28-32,37,42-46,48-50,52-58,60-62,64-76H2,1-4H3,(H,89,90)(H,91,92)/b13-9-,14-10-,15-11-,25-21-,26-22-,27-23-,36-33-,39-38-,40-34-,41-35-,51-47-,63-59-. The Kier molecular flexibility index (Phi) is 70.5. The minimum absolute atomic E-state index is 0.0662. The molecule has 0 saturated carbocycles. The molecule has 5 atom stereocenters. The van der Waals surface area contributed by atoms with Crippen LogP contribution in [0.5, 0.6) is 0 Å². The Labute approximate surface area is 617 Å². The van der Waals surface area contributed by atoms with Crippen LogP contribution in [0.2, 0.25) is 0 Å². The first kappa shape index (κ1) is 96.9. The van der Waals surface area contributed by atoms with Gasteiger partial charge < -0.3 is 33.8 Å². The largest absolute Gasteiger partial charge is 0.472 e. The molecule has 102 heavy (non-hydrogen) atoms. The van der Waals surface area contributed by atoms with Crippen LogP contribution in [0.3, 0.4) is 0 Å². The molecule has 0 aliphatic heterocycles. The Morgan fingerprint density at radius 2 is 0.549 bits per heavy atom. The van der Waals surface area contributed by atoms with Gasteiger partial charge >= 0.3 is 39.5 Å². The fourth-order valence-corrected chi connectivity index (χ4v) is 11.6. The average molecular weight is 1470 g/mol. The van der Waals surface area contributed by atoms with Crippen molar-refractivity contribution in [1.82, 2.24) is 0 Å². The lowest BCUT2D eigenvalue weighted by molar-refractivity contribution is -0.161. The first-order valence-electron chi connectivity index (χ1n) is 39.1. The Bertz CT molecular complexity index is 2510. The number of rotatable bonds is 72. The Hall–Kier alpha value is -5.06. The van der Waals surface area contributed by atoms with Crippen LogP contribution in [0, 0.1) is 0 Å². The summed E-state index contributed by atoms with van der Waals surface area (Å²) in [5, 5.41) is 10.6. The van der Waals surface area contributed by atoms with E-state index < -0.39 is 97.5 Å². The van der Waals surface area contributed by atoms with E-state index in [1.54, 1.807) is 6.08 Å². The maximum absolute atomic E-state index is 13.1. The SMILES string of the molecule is CC/C=C\C/C=C\C/C=C\C/C=C\C/C=C\CC(=O)OCC(COP(=O)(O)OCC(O)COP(=O)(O)OCC(COC(=O)CCCCCCCC/C=C\C/C=C\C/C=C\C/C=C\CC)OC(=O)CCCCCCC/C=C\C/C=C\C/C=C\CC)OC(=O)CCCCCCCCCCCCCCC. The summed E-state index contributed by atoms with van der Waals surface area (Å²) in [6, 6.07) is 0. The molecule has 0 rings (SSSR count). The monoisotopic (exact) mass is 1470 g/mol. The van der Waals surface area contributed by atoms with Crippen molar-refractivity contribution in [3.8, 4) is 0 Å². The van der Waals surface area contributed by atoms with E-state index in [-0.39, 0.29) is 25.7 Å². The minimum Gasteiger partial charge on any atom is -0.462 e. The fraction of sp³-hybridized carbons (Fsp3) is 0.663. The lowest BCUT2D eigenvalue weighted by Crippen LogP contribution is -2.30. The van der Waals surface area contributed by atoms with Crippen molar-refractivity contribution >= 4 is 39.5 Å². The Morgan fingerprint density at radius 1 is 0.294 bits per heavy atom. The summed E-state index contributed by atoms with van der Waals surface area (Å²) in [5.41, 5.74) is 0. The van der Waals surface area contributed by atoms with Crippen LogP contribution in [-0.2, 0) is 65.4 Å². The van der Waals surface area contributed by atoms with E-state index in [9.17, 15) is 43.2 Å². The van der Waals surface area contributed by atoms with E-state index in [1.807, 2.05) is 18.2 Å². The zero-order valence-corrected chi connectivity index (χ0v) is 65.3. The third kappa shape index (κ3) is 73.3. The maximum atomic E-state index is 13.1. The van der Waals surface area contributed by atoms with Gasteiger partial charge in [0.1, 0.15) is 19.3 Å². The van der Waals surface area contributed by atoms with Gasteiger partial charge in [0.05, 0.1) is 32.8 Å². The summed E-state index contributed by atoms with van der Waals surface area (Å²) in [7, 11) is -9.99. The van der Waals surface area contributed by atoms with E-state index in [0.717, 1.165) is 167 Å². The smallest absolute Gasteiger partial charge is 0.462 e. The number of aliphatic hydroxyl groups is 1. The molecule has 0 spiro atoms. The van der Waals surface area contributed by atoms with E-state index >= 15 is 0 Å². The molecule has 0 aromatic heterocycles. The molecular formula is C83H138O17P2. The summed E-state index contributed by atoms with van der Waals surface area (Å²) in [5.74, 6) is -2.36. The lowest BCUT2D eigenvalue weighted by atomic mass is 10.0. The van der Waals surface area contributed by atoms with Crippen molar-refractivity contribution in [3.05, 3.63) is 146 Å². The predicted octanol–water partition coefficient (Wildman–Crippen LogP) is 22.7. The van der Waals surface area contributed by atoms with Crippen molar-refractivity contribution in [2.45, 2.75) is 316 Å². The van der Waals surface area contributed by atoms with Gasteiger partial charge in [0.2, 0.25) is 0 Å². The predicted molar refractivity (Wildman–Crippen MR) is 417 cm³/mol. The number of hydrogen-bond acceptors (Lipinski definition) is 15. The number of esters is 4. The van der Waals surface area contributed by atoms with Gasteiger partial charge in [-0.15, -0.1) is 0 Å². The quantitative estimate of drug-likeness (QED) is 0.0169. The lowest BCUT2D eigenvalue weighted by Gasteiger charge is -2.21. The minimum atomic E-state index is -5.00. The first-order valence-corrected chi connectivity index (χ1v) is 42.1. The van der Waals surface area contributed by atoms with Gasteiger partial charge in [0, 0.05) is 19.3 Å². The Balaban J connectivity index is 5.43. The van der Waals surface area contributed by atoms with Gasteiger partial charge in [-0.25, -0.2) is 9.13 Å². The van der Waals surface area contributed by atoms with Crippen LogP contribution < -0.4 is 0 Å². The zero-order chi connectivity index (χ0) is 74.6. The number of phosphoric ester groups is 2. The molecule has 0 bridgehead atoms. The third-order valence-electron chi connectivity index (χ3n) is 15.8. The number of ether oxygens (including phenoxy) is 4. The molecule has 19 heteroatoms. The fourth-order valence-electron chi connectivity index (χ4n) is 10.0. The second-order valence-electron chi connectivity index (χ2n) is 25.5. The molecule has 0 amide bonds. The number of carbonyl (C=O) groups is 4. The molecule has 0 radical (unpaired) electrons. The number of carbonyl (C=O) groups excluding carboxylic acids is 4. The molecular weight excluding hydrogens is 1330 g/mol. The van der Waals surface area contributed by atoms with Gasteiger partial charge in [-0.05, 0) is 122 Å². The van der Waals surface area contributed by atoms with Crippen LogP contribution in [0.15, 0.2) is 146 Å². The number of hydrogen-bond donors (Lipinski definition) is 3. The van der Waals surface area contributed by atoms with Crippen molar-refractivity contribution in [3.63, 3.8) is 0 Å². The Morgan fingerprint density at radius 3 is 0.873 bits per heavy atom. The van der Waals surface area contributed by atoms with Crippen LogP contribution in [0.25, 0.3) is 0 Å². The highest BCUT2D eigenvalue weighted by atomic mass is 31.2. The number of phosphoric acid groups is 2. The number of allylic oxidation sites excluding steroid dienone is 23. The molecule has 17 nitrogen and oxygen atoms in total. The van der Waals surface area contributed by atoms with Crippen molar-refractivity contribution in [2.75, 3.05) is 39.6 Å². The van der Waals surface area contributed by atoms with Gasteiger partial charge in [0.25, 0.3) is 0 Å². The highest BCUT2D eigenvalue weighted by Gasteiger charge is 2.30. The van der Waals surface area contributed by atoms with Gasteiger partial charge in [-0.1, -0.05) is 296 Å². The average Bonchev–Trinajstić information content (AvgIpc) is 0.909. The molecule has 0 aliphatic rings. The van der Waals surface area contributed by atoms with Gasteiger partial charge in [0.15, 0.2) is 12.2 Å². The molecule has 582 valence electrons.